The van der Waals surface area contributed by atoms with Gasteiger partial charge in [0.15, 0.2) is 0 Å². The van der Waals surface area contributed by atoms with E-state index in [-0.39, 0.29) is 11.9 Å². The van der Waals surface area contributed by atoms with Gasteiger partial charge in [-0.05, 0) is 32.1 Å². The van der Waals surface area contributed by atoms with Gasteiger partial charge < -0.3 is 15.1 Å². The zero-order valence-corrected chi connectivity index (χ0v) is 12.9. The second-order valence-corrected chi connectivity index (χ2v) is 5.51. The van der Waals surface area contributed by atoms with Gasteiger partial charge in [-0.15, -0.1) is 0 Å². The SMILES string of the molecule is CC=CCCNC(=O)N1CCC(CC(=O)N(C)C)CC1. The van der Waals surface area contributed by atoms with E-state index in [1.54, 1.807) is 19.0 Å². The van der Waals surface area contributed by atoms with Crippen molar-refractivity contribution >= 4 is 11.9 Å². The Labute approximate surface area is 122 Å². The summed E-state index contributed by atoms with van der Waals surface area (Å²) in [4.78, 5) is 27.1. The van der Waals surface area contributed by atoms with Crippen molar-refractivity contribution in [3.05, 3.63) is 12.2 Å². The van der Waals surface area contributed by atoms with E-state index in [2.05, 4.69) is 5.32 Å². The molecule has 0 radical (unpaired) electrons. The van der Waals surface area contributed by atoms with Gasteiger partial charge in [-0.2, -0.15) is 0 Å². The van der Waals surface area contributed by atoms with Crippen LogP contribution in [0.3, 0.4) is 0 Å². The minimum Gasteiger partial charge on any atom is -0.349 e. The third-order valence-corrected chi connectivity index (χ3v) is 3.69. The molecule has 0 aliphatic carbocycles. The number of amides is 3. The van der Waals surface area contributed by atoms with Gasteiger partial charge in [0.25, 0.3) is 0 Å². The Balaban J connectivity index is 2.24. The number of likely N-dealkylation sites (tertiary alicyclic amines) is 1. The Hall–Kier alpha value is -1.52. The van der Waals surface area contributed by atoms with E-state index >= 15 is 0 Å². The molecule has 0 spiro atoms. The number of rotatable bonds is 5. The van der Waals surface area contributed by atoms with Gasteiger partial charge in [-0.1, -0.05) is 12.2 Å². The van der Waals surface area contributed by atoms with Crippen LogP contribution in [-0.2, 0) is 4.79 Å². The molecule has 0 aromatic heterocycles. The van der Waals surface area contributed by atoms with E-state index in [0.29, 0.717) is 18.9 Å². The van der Waals surface area contributed by atoms with Gasteiger partial charge >= 0.3 is 6.03 Å². The highest BCUT2D eigenvalue weighted by atomic mass is 16.2. The van der Waals surface area contributed by atoms with E-state index < -0.39 is 0 Å². The van der Waals surface area contributed by atoms with Crippen LogP contribution in [-0.4, -0.2) is 55.5 Å². The lowest BCUT2D eigenvalue weighted by atomic mass is 9.93. The second kappa shape index (κ2) is 8.61. The van der Waals surface area contributed by atoms with Crippen LogP contribution in [0, 0.1) is 5.92 Å². The summed E-state index contributed by atoms with van der Waals surface area (Å²) < 4.78 is 0. The maximum Gasteiger partial charge on any atom is 0.317 e. The lowest BCUT2D eigenvalue weighted by Crippen LogP contribution is -2.45. The normalized spacial score (nSPS) is 16.4. The molecule has 0 aromatic rings. The predicted molar refractivity (Wildman–Crippen MR) is 80.4 cm³/mol. The van der Waals surface area contributed by atoms with Gasteiger partial charge in [0.05, 0.1) is 0 Å². The number of allylic oxidation sites excluding steroid dienone is 1. The van der Waals surface area contributed by atoms with Gasteiger partial charge in [0, 0.05) is 40.2 Å². The average Bonchev–Trinajstić information content (AvgIpc) is 2.44. The molecule has 114 valence electrons. The van der Waals surface area contributed by atoms with E-state index in [4.69, 9.17) is 0 Å². The smallest absolute Gasteiger partial charge is 0.317 e. The molecule has 0 atom stereocenters. The molecule has 1 rings (SSSR count). The first-order valence-corrected chi connectivity index (χ1v) is 7.38. The van der Waals surface area contributed by atoms with Gasteiger partial charge in [-0.25, -0.2) is 4.79 Å². The van der Waals surface area contributed by atoms with Gasteiger partial charge in [0.2, 0.25) is 5.91 Å². The first-order valence-electron chi connectivity index (χ1n) is 7.38. The first kappa shape index (κ1) is 16.5. The molecule has 20 heavy (non-hydrogen) atoms. The molecule has 1 fully saturated rings. The van der Waals surface area contributed by atoms with Crippen molar-refractivity contribution in [1.29, 1.82) is 0 Å². The van der Waals surface area contributed by atoms with Crippen LogP contribution in [0.25, 0.3) is 0 Å². The van der Waals surface area contributed by atoms with Crippen molar-refractivity contribution in [2.45, 2.75) is 32.6 Å². The summed E-state index contributed by atoms with van der Waals surface area (Å²) in [5.74, 6) is 0.594. The van der Waals surface area contributed by atoms with E-state index in [1.807, 2.05) is 24.0 Å². The number of hydrogen-bond donors (Lipinski definition) is 1. The number of hydrogen-bond acceptors (Lipinski definition) is 2. The fourth-order valence-electron chi connectivity index (χ4n) is 2.31. The molecule has 3 amide bonds. The van der Waals surface area contributed by atoms with Crippen LogP contribution in [0.1, 0.15) is 32.6 Å². The molecule has 0 aromatic carbocycles. The molecule has 1 aliphatic rings. The Morgan fingerprint density at radius 1 is 1.30 bits per heavy atom. The van der Waals surface area contributed by atoms with Crippen LogP contribution < -0.4 is 5.32 Å². The maximum atomic E-state index is 11.9. The van der Waals surface area contributed by atoms with Crippen molar-refractivity contribution in [2.24, 2.45) is 5.92 Å². The summed E-state index contributed by atoms with van der Waals surface area (Å²) in [7, 11) is 3.57. The summed E-state index contributed by atoms with van der Waals surface area (Å²) >= 11 is 0. The molecule has 5 heteroatoms. The summed E-state index contributed by atoms with van der Waals surface area (Å²) in [5.41, 5.74) is 0. The Bertz CT molecular complexity index is 345. The number of nitrogens with one attached hydrogen (secondary N) is 1. The average molecular weight is 281 g/mol. The zero-order valence-electron chi connectivity index (χ0n) is 12.9. The summed E-state index contributed by atoms with van der Waals surface area (Å²) in [6.07, 6.45) is 7.34. The topological polar surface area (TPSA) is 52.7 Å². The van der Waals surface area contributed by atoms with Gasteiger partial charge in [0.1, 0.15) is 0 Å². The van der Waals surface area contributed by atoms with E-state index in [0.717, 1.165) is 32.4 Å². The van der Waals surface area contributed by atoms with Gasteiger partial charge in [-0.3, -0.25) is 4.79 Å². The Morgan fingerprint density at radius 3 is 2.50 bits per heavy atom. The van der Waals surface area contributed by atoms with Crippen LogP contribution in [0.5, 0.6) is 0 Å². The fraction of sp³-hybridized carbons (Fsp3) is 0.733. The Kier molecular flexibility index (Phi) is 7.12. The highest BCUT2D eigenvalue weighted by molar-refractivity contribution is 5.76. The molecule has 1 heterocycles. The van der Waals surface area contributed by atoms with Crippen LogP contribution in [0.4, 0.5) is 4.79 Å². The standard InChI is InChI=1S/C15H27N3O2/c1-4-5-6-9-16-15(20)18-10-7-13(8-11-18)12-14(19)17(2)3/h4-5,13H,6-12H2,1-3H3,(H,16,20). The quantitative estimate of drug-likeness (QED) is 0.617. The molecular formula is C15H27N3O2. The minimum absolute atomic E-state index is 0.0203. The highest BCUT2D eigenvalue weighted by Gasteiger charge is 2.24. The van der Waals surface area contributed by atoms with Crippen LogP contribution >= 0.6 is 0 Å². The van der Waals surface area contributed by atoms with Crippen molar-refractivity contribution < 1.29 is 9.59 Å². The Morgan fingerprint density at radius 2 is 1.95 bits per heavy atom. The van der Waals surface area contributed by atoms with Crippen LogP contribution in [0.15, 0.2) is 12.2 Å². The maximum absolute atomic E-state index is 11.9. The number of nitrogens with zero attached hydrogens (tertiary/aromatic N) is 2. The molecule has 0 bridgehead atoms. The van der Waals surface area contributed by atoms with Crippen LogP contribution in [0.2, 0.25) is 0 Å². The number of piperidine rings is 1. The van der Waals surface area contributed by atoms with Crippen molar-refractivity contribution in [3.63, 3.8) is 0 Å². The van der Waals surface area contributed by atoms with Crippen molar-refractivity contribution in [1.82, 2.24) is 15.1 Å². The lowest BCUT2D eigenvalue weighted by Gasteiger charge is -2.32. The molecule has 1 aliphatic heterocycles. The second-order valence-electron chi connectivity index (χ2n) is 5.51. The summed E-state index contributed by atoms with van der Waals surface area (Å²) in [6, 6.07) is 0.0203. The largest absolute Gasteiger partial charge is 0.349 e. The molecule has 0 saturated carbocycles. The molecule has 1 saturated heterocycles. The third kappa shape index (κ3) is 5.63. The van der Waals surface area contributed by atoms with Crippen molar-refractivity contribution in [3.8, 4) is 0 Å². The number of carbonyl (C=O) groups is 2. The van der Waals surface area contributed by atoms with Crippen molar-refractivity contribution in [2.75, 3.05) is 33.7 Å². The molecule has 0 unspecified atom stereocenters. The monoisotopic (exact) mass is 281 g/mol. The third-order valence-electron chi connectivity index (χ3n) is 3.69. The number of urea groups is 1. The zero-order chi connectivity index (χ0) is 15.0. The summed E-state index contributed by atoms with van der Waals surface area (Å²) in [5, 5.41) is 2.92. The minimum atomic E-state index is 0.0203. The fourth-order valence-corrected chi connectivity index (χ4v) is 2.31. The van der Waals surface area contributed by atoms with E-state index in [9.17, 15) is 9.59 Å². The molecular weight excluding hydrogens is 254 g/mol. The first-order chi connectivity index (χ1) is 9.54. The summed E-state index contributed by atoms with van der Waals surface area (Å²) in [6.45, 7) is 4.16. The van der Waals surface area contributed by atoms with E-state index in [1.165, 1.54) is 0 Å². The molecule has 5 nitrogen and oxygen atoms in total. The molecule has 1 N–H and O–H groups in total. The number of carbonyl (C=O) groups excluding carboxylic acids is 2. The highest BCUT2D eigenvalue weighted by Crippen LogP contribution is 2.21. The lowest BCUT2D eigenvalue weighted by molar-refractivity contribution is -0.129. The predicted octanol–water partition coefficient (Wildman–Crippen LogP) is 1.85.